The topological polar surface area (TPSA) is 38.0 Å². The Morgan fingerprint density at radius 1 is 1.21 bits per heavy atom. The highest BCUT2D eigenvalue weighted by Crippen LogP contribution is 2.39. The third-order valence-corrected chi connectivity index (χ3v) is 4.75. The Morgan fingerprint density at radius 3 is 2.32 bits per heavy atom. The summed E-state index contributed by atoms with van der Waals surface area (Å²) in [6.45, 7) is 9.65. The summed E-state index contributed by atoms with van der Waals surface area (Å²) in [4.78, 5) is 0. The molecule has 0 aliphatic heterocycles. The molecule has 19 heavy (non-hydrogen) atoms. The second-order valence-electron chi connectivity index (χ2n) is 6.91. The first-order valence-corrected chi connectivity index (χ1v) is 7.45. The average Bonchev–Trinajstić information content (AvgIpc) is 2.33. The molecule has 106 valence electrons. The standard InChI is InChI=1S/C17H28N2/c1-14-5-7-15(8-6-14)16(2,3)12-19-13-17(11-18)9-4-10-17/h5-8,19H,4,9-13,18H2,1-3H3. The van der Waals surface area contributed by atoms with Gasteiger partial charge in [0.25, 0.3) is 0 Å². The Hall–Kier alpha value is -0.860. The van der Waals surface area contributed by atoms with Crippen LogP contribution in [0, 0.1) is 12.3 Å². The molecule has 1 aromatic rings. The summed E-state index contributed by atoms with van der Waals surface area (Å²) >= 11 is 0. The normalized spacial score (nSPS) is 18.1. The first-order valence-electron chi connectivity index (χ1n) is 7.45. The van der Waals surface area contributed by atoms with Crippen LogP contribution < -0.4 is 11.1 Å². The first kappa shape index (κ1) is 14.5. The van der Waals surface area contributed by atoms with E-state index in [1.54, 1.807) is 0 Å². The van der Waals surface area contributed by atoms with Gasteiger partial charge in [0.15, 0.2) is 0 Å². The second-order valence-corrected chi connectivity index (χ2v) is 6.91. The maximum absolute atomic E-state index is 5.91. The van der Waals surface area contributed by atoms with E-state index in [1.165, 1.54) is 30.4 Å². The maximum Gasteiger partial charge on any atom is 0.00434 e. The van der Waals surface area contributed by atoms with Crippen LogP contribution in [-0.2, 0) is 5.41 Å². The molecule has 0 aromatic heterocycles. The van der Waals surface area contributed by atoms with E-state index in [0.717, 1.165) is 19.6 Å². The number of hydrogen-bond acceptors (Lipinski definition) is 2. The van der Waals surface area contributed by atoms with E-state index in [-0.39, 0.29) is 5.41 Å². The van der Waals surface area contributed by atoms with Crippen LogP contribution in [0.1, 0.15) is 44.2 Å². The van der Waals surface area contributed by atoms with Crippen molar-refractivity contribution < 1.29 is 0 Å². The number of nitrogens with two attached hydrogens (primary N) is 1. The van der Waals surface area contributed by atoms with E-state index in [4.69, 9.17) is 5.73 Å². The number of nitrogens with one attached hydrogen (secondary N) is 1. The second kappa shape index (κ2) is 5.64. The largest absolute Gasteiger partial charge is 0.330 e. The van der Waals surface area contributed by atoms with Gasteiger partial charge < -0.3 is 11.1 Å². The molecular weight excluding hydrogens is 232 g/mol. The van der Waals surface area contributed by atoms with Crippen LogP contribution in [0.2, 0.25) is 0 Å². The minimum Gasteiger partial charge on any atom is -0.330 e. The van der Waals surface area contributed by atoms with Crippen molar-refractivity contribution in [2.24, 2.45) is 11.1 Å². The lowest BCUT2D eigenvalue weighted by atomic mass is 9.68. The van der Waals surface area contributed by atoms with Crippen LogP contribution >= 0.6 is 0 Å². The van der Waals surface area contributed by atoms with Crippen LogP contribution in [0.15, 0.2) is 24.3 Å². The summed E-state index contributed by atoms with van der Waals surface area (Å²) < 4.78 is 0. The molecular formula is C17H28N2. The Morgan fingerprint density at radius 2 is 1.84 bits per heavy atom. The number of aryl methyl sites for hydroxylation is 1. The Kier molecular flexibility index (Phi) is 4.32. The van der Waals surface area contributed by atoms with E-state index in [9.17, 15) is 0 Å². The fraction of sp³-hybridized carbons (Fsp3) is 0.647. The van der Waals surface area contributed by atoms with Crippen molar-refractivity contribution in [2.75, 3.05) is 19.6 Å². The lowest BCUT2D eigenvalue weighted by molar-refractivity contribution is 0.138. The lowest BCUT2D eigenvalue weighted by Crippen LogP contribution is -2.47. The third kappa shape index (κ3) is 3.37. The van der Waals surface area contributed by atoms with E-state index in [1.807, 2.05) is 0 Å². The molecule has 1 saturated carbocycles. The van der Waals surface area contributed by atoms with Crippen LogP contribution in [-0.4, -0.2) is 19.6 Å². The van der Waals surface area contributed by atoms with Gasteiger partial charge in [-0.15, -0.1) is 0 Å². The Bertz CT molecular complexity index is 396. The number of benzene rings is 1. The molecule has 2 nitrogen and oxygen atoms in total. The van der Waals surface area contributed by atoms with Gasteiger partial charge in [0.2, 0.25) is 0 Å². The summed E-state index contributed by atoms with van der Waals surface area (Å²) in [6.07, 6.45) is 3.93. The fourth-order valence-corrected chi connectivity index (χ4v) is 2.88. The molecule has 2 rings (SSSR count). The van der Waals surface area contributed by atoms with Gasteiger partial charge in [-0.05, 0) is 37.3 Å². The zero-order valence-corrected chi connectivity index (χ0v) is 12.6. The van der Waals surface area contributed by atoms with Crippen LogP contribution in [0.4, 0.5) is 0 Å². The molecule has 3 N–H and O–H groups in total. The highest BCUT2D eigenvalue weighted by molar-refractivity contribution is 5.27. The van der Waals surface area contributed by atoms with Gasteiger partial charge in [0.1, 0.15) is 0 Å². The zero-order chi connectivity index (χ0) is 13.9. The van der Waals surface area contributed by atoms with Crippen molar-refractivity contribution in [1.82, 2.24) is 5.32 Å². The molecule has 0 saturated heterocycles. The summed E-state index contributed by atoms with van der Waals surface area (Å²) in [5.74, 6) is 0. The lowest BCUT2D eigenvalue weighted by Gasteiger charge is -2.42. The minimum atomic E-state index is 0.174. The molecule has 0 radical (unpaired) electrons. The predicted octanol–water partition coefficient (Wildman–Crippen LogP) is 2.99. The van der Waals surface area contributed by atoms with Crippen molar-refractivity contribution in [2.45, 2.75) is 45.4 Å². The monoisotopic (exact) mass is 260 g/mol. The third-order valence-electron chi connectivity index (χ3n) is 4.75. The van der Waals surface area contributed by atoms with Crippen LogP contribution in [0.25, 0.3) is 0 Å². The number of rotatable bonds is 6. The summed E-state index contributed by atoms with van der Waals surface area (Å²) in [5, 5.41) is 3.65. The molecule has 0 unspecified atom stereocenters. The van der Waals surface area contributed by atoms with Gasteiger partial charge in [0, 0.05) is 18.5 Å². The first-order chi connectivity index (χ1) is 8.97. The molecule has 1 aromatic carbocycles. The molecule has 1 aliphatic rings. The summed E-state index contributed by atoms with van der Waals surface area (Å²) in [5.41, 5.74) is 9.20. The Balaban J connectivity index is 1.88. The van der Waals surface area contributed by atoms with Gasteiger partial charge in [-0.25, -0.2) is 0 Å². The van der Waals surface area contributed by atoms with Crippen LogP contribution in [0.3, 0.4) is 0 Å². The predicted molar refractivity (Wildman–Crippen MR) is 82.4 cm³/mol. The van der Waals surface area contributed by atoms with Crippen LogP contribution in [0.5, 0.6) is 0 Å². The van der Waals surface area contributed by atoms with E-state index in [0.29, 0.717) is 5.41 Å². The Labute approximate surface area is 117 Å². The van der Waals surface area contributed by atoms with Gasteiger partial charge in [-0.2, -0.15) is 0 Å². The molecule has 1 fully saturated rings. The highest BCUT2D eigenvalue weighted by Gasteiger charge is 2.35. The highest BCUT2D eigenvalue weighted by atomic mass is 14.9. The van der Waals surface area contributed by atoms with Crippen molar-refractivity contribution in [3.63, 3.8) is 0 Å². The minimum absolute atomic E-state index is 0.174. The van der Waals surface area contributed by atoms with Gasteiger partial charge in [-0.1, -0.05) is 50.1 Å². The molecule has 0 amide bonds. The van der Waals surface area contributed by atoms with Gasteiger partial charge in [-0.3, -0.25) is 0 Å². The SMILES string of the molecule is Cc1ccc(C(C)(C)CNCC2(CN)CCC2)cc1. The maximum atomic E-state index is 5.91. The van der Waals surface area contributed by atoms with Gasteiger partial charge in [0.05, 0.1) is 0 Å². The average molecular weight is 260 g/mol. The quantitative estimate of drug-likeness (QED) is 0.825. The fourth-order valence-electron chi connectivity index (χ4n) is 2.88. The van der Waals surface area contributed by atoms with Crippen molar-refractivity contribution in [3.05, 3.63) is 35.4 Å². The molecule has 0 heterocycles. The number of hydrogen-bond donors (Lipinski definition) is 2. The molecule has 1 aliphatic carbocycles. The molecule has 0 bridgehead atoms. The smallest absolute Gasteiger partial charge is 0.00434 e. The van der Waals surface area contributed by atoms with E-state index in [2.05, 4.69) is 50.4 Å². The summed E-state index contributed by atoms with van der Waals surface area (Å²) in [6, 6.07) is 8.90. The van der Waals surface area contributed by atoms with Crippen molar-refractivity contribution in [1.29, 1.82) is 0 Å². The molecule has 2 heteroatoms. The zero-order valence-electron chi connectivity index (χ0n) is 12.6. The summed E-state index contributed by atoms with van der Waals surface area (Å²) in [7, 11) is 0. The van der Waals surface area contributed by atoms with E-state index < -0.39 is 0 Å². The van der Waals surface area contributed by atoms with E-state index >= 15 is 0 Å². The molecule has 0 atom stereocenters. The van der Waals surface area contributed by atoms with Crippen molar-refractivity contribution in [3.8, 4) is 0 Å². The van der Waals surface area contributed by atoms with Crippen molar-refractivity contribution >= 4 is 0 Å². The van der Waals surface area contributed by atoms with Gasteiger partial charge >= 0.3 is 0 Å². The molecule has 0 spiro atoms.